The number of carbonyl (C=O) groups excluding carboxylic acids is 1. The molecule has 5 nitrogen and oxygen atoms in total. The van der Waals surface area contributed by atoms with Crippen LogP contribution in [0.1, 0.15) is 32.3 Å². The van der Waals surface area contributed by atoms with E-state index in [2.05, 4.69) is 12.1 Å². The molecule has 1 aliphatic rings. The fourth-order valence-electron chi connectivity index (χ4n) is 2.14. The zero-order chi connectivity index (χ0) is 16.0. The van der Waals surface area contributed by atoms with E-state index >= 15 is 0 Å². The summed E-state index contributed by atoms with van der Waals surface area (Å²) in [6.07, 6.45) is 1.36. The Balaban J connectivity index is 0.00000264. The first-order valence-corrected chi connectivity index (χ1v) is 7.47. The maximum atomic E-state index is 11.8. The fourth-order valence-corrected chi connectivity index (χ4v) is 2.14. The number of hydrogen-bond donors (Lipinski definition) is 1. The molecule has 0 bridgehead atoms. The molecule has 24 heavy (non-hydrogen) atoms. The zero-order valence-corrected chi connectivity index (χ0v) is 21.6. The number of benzene rings is 1. The molecule has 1 aromatic rings. The summed E-state index contributed by atoms with van der Waals surface area (Å²) in [6.45, 7) is 5.52. The third-order valence-electron chi connectivity index (χ3n) is 3.48. The van der Waals surface area contributed by atoms with Gasteiger partial charge in [-0.2, -0.15) is 0 Å². The topological polar surface area (TPSA) is 65.0 Å². The Kier molecular flexibility index (Phi) is 13.1. The Hall–Kier alpha value is 1.14. The van der Waals surface area contributed by atoms with E-state index in [0.717, 1.165) is 12.0 Å². The Morgan fingerprint density at radius 2 is 1.88 bits per heavy atom. The number of carbonyl (C=O) groups is 1. The third kappa shape index (κ3) is 8.68. The van der Waals surface area contributed by atoms with Crippen LogP contribution in [0.5, 0.6) is 5.75 Å². The Morgan fingerprint density at radius 1 is 1.29 bits per heavy atom. The maximum absolute atomic E-state index is 11.8. The van der Waals surface area contributed by atoms with Crippen LogP contribution in [0.4, 0.5) is 0 Å². The fraction of sp³-hybridized carbons (Fsp3) is 0.588. The van der Waals surface area contributed by atoms with Gasteiger partial charge in [0, 0.05) is 94.4 Å². The molecule has 0 atom stereocenters. The summed E-state index contributed by atoms with van der Waals surface area (Å²) in [7, 11) is 0. The molecule has 7 heteroatoms. The summed E-state index contributed by atoms with van der Waals surface area (Å²) in [4.78, 5) is 11.8. The largest absolute Gasteiger partial charge is 0.559 e. The van der Waals surface area contributed by atoms with Gasteiger partial charge in [0.15, 0.2) is 6.29 Å². The maximum Gasteiger partial charge on any atom is 0.304 e. The molecule has 2 radical (unpaired) electrons. The van der Waals surface area contributed by atoms with Gasteiger partial charge < -0.3 is 31.4 Å². The van der Waals surface area contributed by atoms with Crippen molar-refractivity contribution in [2.24, 2.45) is 5.41 Å². The van der Waals surface area contributed by atoms with E-state index in [1.807, 2.05) is 13.8 Å². The van der Waals surface area contributed by atoms with Crippen molar-refractivity contribution in [3.8, 4) is 5.75 Å². The van der Waals surface area contributed by atoms with Crippen molar-refractivity contribution < 1.29 is 107 Å². The molecule has 0 spiro atoms. The van der Waals surface area contributed by atoms with Crippen molar-refractivity contribution >= 4 is 5.97 Å². The van der Waals surface area contributed by atoms with E-state index in [4.69, 9.17) is 19.3 Å². The average Bonchev–Trinajstić information content (AvgIpc) is 2.53. The number of rotatable bonds is 6. The van der Waals surface area contributed by atoms with Crippen molar-refractivity contribution in [2.45, 2.75) is 39.4 Å². The molecular weight excluding hydrogens is 566 g/mol. The quantitative estimate of drug-likeness (QED) is 0.409. The first-order chi connectivity index (χ1) is 10.5. The number of hydrogen-bond acceptors (Lipinski definition) is 5. The predicted molar refractivity (Wildman–Crippen MR) is 79.1 cm³/mol. The number of phenols is 1. The van der Waals surface area contributed by atoms with Gasteiger partial charge in [0.25, 0.3) is 0 Å². The summed E-state index contributed by atoms with van der Waals surface area (Å²) in [5.41, 5.74) is 0.504. The van der Waals surface area contributed by atoms with E-state index in [-0.39, 0.29) is 119 Å². The number of esters is 1. The molecule has 1 aliphatic heterocycles. The van der Waals surface area contributed by atoms with Gasteiger partial charge in [-0.25, -0.2) is 0 Å². The summed E-state index contributed by atoms with van der Waals surface area (Å²) < 4.78 is 16.5. The molecule has 0 aliphatic carbocycles. The van der Waals surface area contributed by atoms with Crippen LogP contribution < -0.4 is 0 Å². The van der Waals surface area contributed by atoms with Crippen LogP contribution in [0.2, 0.25) is 0 Å². The molecule has 1 fully saturated rings. The van der Waals surface area contributed by atoms with Crippen molar-refractivity contribution in [3.63, 3.8) is 0 Å². The van der Waals surface area contributed by atoms with Gasteiger partial charge in [-0.3, -0.25) is 22.5 Å². The van der Waals surface area contributed by atoms with Crippen LogP contribution in [0.15, 0.2) is 12.1 Å². The first-order valence-electron chi connectivity index (χ1n) is 7.47. The molecule has 0 saturated carbocycles. The van der Waals surface area contributed by atoms with Crippen molar-refractivity contribution in [1.29, 1.82) is 0 Å². The van der Waals surface area contributed by atoms with Gasteiger partial charge in [-0.1, -0.05) is 13.8 Å². The van der Waals surface area contributed by atoms with Gasteiger partial charge in [-0.05, 0) is 6.42 Å². The molecule has 1 N–H and O–H groups in total. The molecular formula is C17H22O5Pr2-2. The van der Waals surface area contributed by atoms with Crippen molar-refractivity contribution in [2.75, 3.05) is 19.8 Å². The Bertz CT molecular complexity index is 484. The molecule has 0 amide bonds. The van der Waals surface area contributed by atoms with Crippen LogP contribution in [0.3, 0.4) is 0 Å². The van der Waals surface area contributed by atoms with Gasteiger partial charge in [0.2, 0.25) is 0 Å². The normalized spacial score (nSPS) is 15.1. The summed E-state index contributed by atoms with van der Waals surface area (Å²) in [5.74, 6) is -0.294. The van der Waals surface area contributed by atoms with Crippen LogP contribution in [-0.4, -0.2) is 37.2 Å². The third-order valence-corrected chi connectivity index (χ3v) is 3.48. The van der Waals surface area contributed by atoms with Crippen LogP contribution >= 0.6 is 0 Å². The summed E-state index contributed by atoms with van der Waals surface area (Å²) in [6, 6.07) is 8.57. The zero-order valence-electron chi connectivity index (χ0n) is 14.2. The minimum absolute atomic E-state index is 0. The van der Waals surface area contributed by atoms with Crippen molar-refractivity contribution in [1.82, 2.24) is 0 Å². The van der Waals surface area contributed by atoms with E-state index in [9.17, 15) is 4.79 Å². The Morgan fingerprint density at radius 3 is 2.46 bits per heavy atom. The standard InChI is InChI=1S/C17H22O5.2Pr/c1-17(2,16-20-10-3-11-21-16)12-22-15(19)9-6-13-4-7-14(18)8-5-13;;/h4-5,16,18H,3,6,9-12H2,1-2H3;;/q-2;;. The molecule has 1 heterocycles. The summed E-state index contributed by atoms with van der Waals surface area (Å²) in [5, 5.41) is 9.11. The van der Waals surface area contributed by atoms with E-state index in [0.29, 0.717) is 19.6 Å². The SMILES string of the molecule is CC(C)(COC(=O)CCc1c[c-]c(O)[c-]c1)C1OCCCO1.[Pr].[Pr]. The monoisotopic (exact) mass is 588 g/mol. The molecule has 0 unspecified atom stereocenters. The van der Waals surface area contributed by atoms with E-state index in [1.165, 1.54) is 0 Å². The Labute approximate surface area is 210 Å². The second-order valence-electron chi connectivity index (χ2n) is 6.08. The molecule has 2 rings (SSSR count). The minimum Gasteiger partial charge on any atom is -0.559 e. The second kappa shape index (κ2) is 12.5. The number of aryl methyl sites for hydroxylation is 1. The molecule has 0 aromatic heterocycles. The molecule has 1 aromatic carbocycles. The van der Waals surface area contributed by atoms with E-state index < -0.39 is 0 Å². The smallest absolute Gasteiger partial charge is 0.304 e. The number of aromatic hydroxyl groups is 1. The predicted octanol–water partition coefficient (Wildman–Crippen LogP) is 2.26. The van der Waals surface area contributed by atoms with Crippen molar-refractivity contribution in [3.05, 3.63) is 29.8 Å². The van der Waals surface area contributed by atoms with Crippen LogP contribution in [-0.2, 0) is 25.4 Å². The van der Waals surface area contributed by atoms with Crippen LogP contribution in [0.25, 0.3) is 0 Å². The average molecular weight is 588 g/mol. The number of phenolic OH excluding ortho intramolecular Hbond substituents is 1. The van der Waals surface area contributed by atoms with E-state index in [1.54, 1.807) is 12.1 Å². The van der Waals surface area contributed by atoms with Gasteiger partial charge in [0.05, 0.1) is 13.2 Å². The number of ether oxygens (including phenoxy) is 3. The van der Waals surface area contributed by atoms with Crippen LogP contribution in [0, 0.1) is 100 Å². The first kappa shape index (κ1) is 25.1. The summed E-state index contributed by atoms with van der Waals surface area (Å²) >= 11 is 0. The molecule has 1 saturated heterocycles. The van der Waals surface area contributed by atoms with Gasteiger partial charge >= 0.3 is 5.97 Å². The van der Waals surface area contributed by atoms with Gasteiger partial charge in [0.1, 0.15) is 6.61 Å². The van der Waals surface area contributed by atoms with Gasteiger partial charge in [-0.15, -0.1) is 12.2 Å². The second-order valence-corrected chi connectivity index (χ2v) is 6.08. The molecule has 128 valence electrons. The minimum atomic E-state index is -0.379.